The number of nitro groups is 1. The first-order chi connectivity index (χ1) is 13.5. The molecule has 10 heteroatoms. The Morgan fingerprint density at radius 3 is 2.82 bits per heavy atom. The number of rotatable bonds is 6. The van der Waals surface area contributed by atoms with Crippen LogP contribution < -0.4 is 10.1 Å². The Hall–Kier alpha value is -3.90. The lowest BCUT2D eigenvalue weighted by Gasteiger charge is -2.08. The highest BCUT2D eigenvalue weighted by molar-refractivity contribution is 6.32. The maximum Gasteiger partial charge on any atom is 0.276 e. The van der Waals surface area contributed by atoms with Gasteiger partial charge < -0.3 is 10.1 Å². The number of halogens is 1. The maximum absolute atomic E-state index is 12.3. The van der Waals surface area contributed by atoms with Gasteiger partial charge in [0.25, 0.3) is 11.6 Å². The van der Waals surface area contributed by atoms with E-state index in [4.69, 9.17) is 21.6 Å². The molecular weight excluding hydrogens is 386 g/mol. The summed E-state index contributed by atoms with van der Waals surface area (Å²) in [5, 5.41) is 26.6. The molecule has 1 N–H and O–H groups in total. The SMILES string of the molecule is N#Cc1ccccc1NC(=O)c1ccn(COc2ccc([N+](=O)[O-])cc2Cl)n1. The highest BCUT2D eigenvalue weighted by Gasteiger charge is 2.13. The van der Waals surface area contributed by atoms with E-state index < -0.39 is 10.8 Å². The number of nitro benzene ring substituents is 1. The van der Waals surface area contributed by atoms with Gasteiger partial charge in [-0.2, -0.15) is 10.4 Å². The van der Waals surface area contributed by atoms with E-state index in [1.54, 1.807) is 24.3 Å². The van der Waals surface area contributed by atoms with E-state index in [1.165, 1.54) is 35.1 Å². The predicted molar refractivity (Wildman–Crippen MR) is 100 cm³/mol. The minimum Gasteiger partial charge on any atom is -0.470 e. The number of nitrogens with one attached hydrogen (secondary N) is 1. The van der Waals surface area contributed by atoms with Gasteiger partial charge in [0.15, 0.2) is 12.4 Å². The van der Waals surface area contributed by atoms with Gasteiger partial charge in [-0.1, -0.05) is 23.7 Å². The maximum atomic E-state index is 12.3. The Kier molecular flexibility index (Phi) is 5.53. The van der Waals surface area contributed by atoms with E-state index >= 15 is 0 Å². The van der Waals surface area contributed by atoms with Crippen LogP contribution in [0.25, 0.3) is 0 Å². The third-order valence-corrected chi connectivity index (χ3v) is 3.94. The number of anilines is 1. The molecule has 0 atom stereocenters. The molecule has 140 valence electrons. The van der Waals surface area contributed by atoms with Crippen molar-refractivity contribution in [3.05, 3.63) is 81.1 Å². The number of nitrogens with zero attached hydrogens (tertiary/aromatic N) is 4. The van der Waals surface area contributed by atoms with Gasteiger partial charge in [-0.05, 0) is 24.3 Å². The molecule has 28 heavy (non-hydrogen) atoms. The lowest BCUT2D eigenvalue weighted by atomic mass is 10.2. The van der Waals surface area contributed by atoms with Crippen molar-refractivity contribution in [3.63, 3.8) is 0 Å². The van der Waals surface area contributed by atoms with Crippen LogP contribution >= 0.6 is 11.6 Å². The minimum atomic E-state index is -0.557. The number of hydrogen-bond acceptors (Lipinski definition) is 6. The van der Waals surface area contributed by atoms with Crippen molar-refractivity contribution >= 4 is 28.9 Å². The second-order valence-corrected chi connectivity index (χ2v) is 5.90. The van der Waals surface area contributed by atoms with Crippen molar-refractivity contribution in [1.29, 1.82) is 5.26 Å². The summed E-state index contributed by atoms with van der Waals surface area (Å²) in [5.74, 6) is -0.230. The predicted octanol–water partition coefficient (Wildman–Crippen LogP) is 3.61. The number of nitriles is 1. The molecule has 0 unspecified atom stereocenters. The fourth-order valence-corrected chi connectivity index (χ4v) is 2.52. The number of non-ortho nitro benzene ring substituents is 1. The summed E-state index contributed by atoms with van der Waals surface area (Å²) in [6.07, 6.45) is 1.53. The summed E-state index contributed by atoms with van der Waals surface area (Å²) in [6, 6.07) is 13.9. The molecular formula is C18H12ClN5O4. The number of para-hydroxylation sites is 1. The zero-order valence-corrected chi connectivity index (χ0v) is 15.0. The summed E-state index contributed by atoms with van der Waals surface area (Å²) in [7, 11) is 0. The highest BCUT2D eigenvalue weighted by atomic mass is 35.5. The molecule has 3 rings (SSSR count). The van der Waals surface area contributed by atoms with Crippen LogP contribution in [0.5, 0.6) is 5.75 Å². The smallest absolute Gasteiger partial charge is 0.276 e. The summed E-state index contributed by atoms with van der Waals surface area (Å²) in [6.45, 7) is -0.0560. The van der Waals surface area contributed by atoms with Crippen molar-refractivity contribution in [1.82, 2.24) is 9.78 Å². The van der Waals surface area contributed by atoms with Crippen LogP contribution in [-0.2, 0) is 6.73 Å². The molecule has 0 radical (unpaired) electrons. The Morgan fingerprint density at radius 1 is 1.32 bits per heavy atom. The Morgan fingerprint density at radius 2 is 2.11 bits per heavy atom. The standard InChI is InChI=1S/C18H12ClN5O4/c19-14-9-13(24(26)27)5-6-17(14)28-11-23-8-7-16(22-23)18(25)21-15-4-2-1-3-12(15)10-20/h1-9H,11H2,(H,21,25). The number of carbonyl (C=O) groups excluding carboxylic acids is 1. The molecule has 0 aliphatic carbocycles. The Bertz CT molecular complexity index is 1090. The Balaban J connectivity index is 1.65. The number of carbonyl (C=O) groups is 1. The monoisotopic (exact) mass is 397 g/mol. The molecule has 3 aromatic rings. The van der Waals surface area contributed by atoms with E-state index in [0.717, 1.165) is 0 Å². The van der Waals surface area contributed by atoms with Crippen LogP contribution in [0.2, 0.25) is 5.02 Å². The van der Waals surface area contributed by atoms with E-state index in [0.29, 0.717) is 11.3 Å². The molecule has 0 saturated heterocycles. The molecule has 2 aromatic carbocycles. The van der Waals surface area contributed by atoms with E-state index in [9.17, 15) is 14.9 Å². The number of aromatic nitrogens is 2. The van der Waals surface area contributed by atoms with Crippen LogP contribution in [0.3, 0.4) is 0 Å². The van der Waals surface area contributed by atoms with Crippen molar-refractivity contribution < 1.29 is 14.5 Å². The van der Waals surface area contributed by atoms with Crippen LogP contribution in [0.15, 0.2) is 54.7 Å². The quantitative estimate of drug-likeness (QED) is 0.500. The summed E-state index contributed by atoms with van der Waals surface area (Å²) >= 11 is 5.96. The van der Waals surface area contributed by atoms with E-state index in [2.05, 4.69) is 10.4 Å². The van der Waals surface area contributed by atoms with Crippen LogP contribution in [0, 0.1) is 21.4 Å². The first kappa shape index (κ1) is 18.9. The van der Waals surface area contributed by atoms with Crippen LogP contribution in [0.1, 0.15) is 16.1 Å². The molecule has 0 bridgehead atoms. The van der Waals surface area contributed by atoms with E-state index in [1.807, 2.05) is 6.07 Å². The second kappa shape index (κ2) is 8.20. The fraction of sp³-hybridized carbons (Fsp3) is 0.0556. The van der Waals surface area contributed by atoms with Gasteiger partial charge in [-0.25, -0.2) is 4.68 Å². The third-order valence-electron chi connectivity index (χ3n) is 3.65. The lowest BCUT2D eigenvalue weighted by molar-refractivity contribution is -0.384. The third kappa shape index (κ3) is 4.25. The number of benzene rings is 2. The second-order valence-electron chi connectivity index (χ2n) is 5.50. The first-order valence-corrected chi connectivity index (χ1v) is 8.26. The van der Waals surface area contributed by atoms with Gasteiger partial charge in [0.2, 0.25) is 0 Å². The van der Waals surface area contributed by atoms with Crippen molar-refractivity contribution in [3.8, 4) is 11.8 Å². The van der Waals surface area contributed by atoms with Gasteiger partial charge in [0.1, 0.15) is 11.8 Å². The Labute approximate surface area is 163 Å². The van der Waals surface area contributed by atoms with Gasteiger partial charge in [-0.15, -0.1) is 0 Å². The number of hydrogen-bond donors (Lipinski definition) is 1. The summed E-state index contributed by atoms with van der Waals surface area (Å²) in [4.78, 5) is 22.5. The molecule has 9 nitrogen and oxygen atoms in total. The molecule has 0 saturated carbocycles. The van der Waals surface area contributed by atoms with Crippen molar-refractivity contribution in [2.24, 2.45) is 0 Å². The summed E-state index contributed by atoms with van der Waals surface area (Å²) < 4.78 is 6.84. The van der Waals surface area contributed by atoms with Gasteiger partial charge in [0, 0.05) is 18.3 Å². The zero-order chi connectivity index (χ0) is 20.1. The summed E-state index contributed by atoms with van der Waals surface area (Å²) in [5.41, 5.74) is 0.712. The average molecular weight is 398 g/mol. The fourth-order valence-electron chi connectivity index (χ4n) is 2.29. The molecule has 1 amide bonds. The molecule has 1 heterocycles. The topological polar surface area (TPSA) is 123 Å². The normalized spacial score (nSPS) is 10.1. The lowest BCUT2D eigenvalue weighted by Crippen LogP contribution is -2.15. The molecule has 0 spiro atoms. The van der Waals surface area contributed by atoms with Gasteiger partial charge in [-0.3, -0.25) is 14.9 Å². The van der Waals surface area contributed by atoms with Crippen molar-refractivity contribution in [2.45, 2.75) is 6.73 Å². The first-order valence-electron chi connectivity index (χ1n) is 7.88. The van der Waals surface area contributed by atoms with Gasteiger partial charge in [0.05, 0.1) is 21.2 Å². The molecule has 1 aromatic heterocycles. The minimum absolute atomic E-state index is 0.0560. The average Bonchev–Trinajstić information content (AvgIpc) is 3.16. The number of amides is 1. The van der Waals surface area contributed by atoms with Crippen LogP contribution in [-0.4, -0.2) is 20.6 Å². The zero-order valence-electron chi connectivity index (χ0n) is 14.2. The molecule has 0 aliphatic rings. The van der Waals surface area contributed by atoms with Crippen molar-refractivity contribution in [2.75, 3.05) is 5.32 Å². The van der Waals surface area contributed by atoms with Gasteiger partial charge >= 0.3 is 0 Å². The van der Waals surface area contributed by atoms with Crippen LogP contribution in [0.4, 0.5) is 11.4 Å². The number of ether oxygens (including phenoxy) is 1. The van der Waals surface area contributed by atoms with E-state index in [-0.39, 0.29) is 28.9 Å². The largest absolute Gasteiger partial charge is 0.470 e. The molecule has 0 fully saturated rings. The molecule has 0 aliphatic heterocycles. The highest BCUT2D eigenvalue weighted by Crippen LogP contribution is 2.28.